The first kappa shape index (κ1) is 11.2. The highest BCUT2D eigenvalue weighted by molar-refractivity contribution is 5.66. The fourth-order valence-corrected chi connectivity index (χ4v) is 2.43. The van der Waals surface area contributed by atoms with Gasteiger partial charge in [-0.2, -0.15) is 0 Å². The third-order valence-electron chi connectivity index (χ3n) is 3.32. The molecule has 2 rings (SSSR count). The largest absolute Gasteiger partial charge is 0.396 e. The van der Waals surface area contributed by atoms with Gasteiger partial charge in [-0.15, -0.1) is 0 Å². The van der Waals surface area contributed by atoms with Crippen molar-refractivity contribution in [1.29, 1.82) is 0 Å². The molecule has 0 radical (unpaired) electrons. The minimum atomic E-state index is 0.256. The van der Waals surface area contributed by atoms with E-state index < -0.39 is 0 Å². The van der Waals surface area contributed by atoms with Gasteiger partial charge in [0.2, 0.25) is 0 Å². The molecule has 4 N–H and O–H groups in total. The van der Waals surface area contributed by atoms with Gasteiger partial charge in [-0.05, 0) is 18.4 Å². The van der Waals surface area contributed by atoms with Gasteiger partial charge >= 0.3 is 0 Å². The number of nitrogen functional groups attached to an aromatic ring is 1. The highest BCUT2D eigenvalue weighted by atomic mass is 15.2. The summed E-state index contributed by atoms with van der Waals surface area (Å²) in [6.45, 7) is 4.17. The lowest BCUT2D eigenvalue weighted by Gasteiger charge is -2.37. The van der Waals surface area contributed by atoms with Crippen LogP contribution in [0.3, 0.4) is 0 Å². The van der Waals surface area contributed by atoms with Gasteiger partial charge in [0.15, 0.2) is 0 Å². The number of aromatic nitrogens is 1. The van der Waals surface area contributed by atoms with E-state index in [9.17, 15) is 0 Å². The number of anilines is 2. The molecule has 1 fully saturated rings. The molecule has 4 heteroatoms. The number of hydrogen-bond acceptors (Lipinski definition) is 4. The van der Waals surface area contributed by atoms with Gasteiger partial charge in [0.25, 0.3) is 0 Å². The highest BCUT2D eigenvalue weighted by Gasteiger charge is 2.24. The lowest BCUT2D eigenvalue weighted by atomic mass is 9.92. The molecule has 1 aliphatic heterocycles. The number of hydrogen-bond donors (Lipinski definition) is 2. The second kappa shape index (κ2) is 4.70. The number of piperidine rings is 1. The van der Waals surface area contributed by atoms with E-state index in [-0.39, 0.29) is 6.04 Å². The molecule has 0 bridgehead atoms. The van der Waals surface area contributed by atoms with E-state index in [2.05, 4.69) is 16.8 Å². The lowest BCUT2D eigenvalue weighted by molar-refractivity contribution is 0.368. The molecular weight excluding hydrogens is 200 g/mol. The number of pyridine rings is 1. The summed E-state index contributed by atoms with van der Waals surface area (Å²) in [4.78, 5) is 6.31. The maximum absolute atomic E-state index is 6.08. The molecule has 2 heterocycles. The van der Waals surface area contributed by atoms with E-state index in [1.807, 2.05) is 6.07 Å². The quantitative estimate of drug-likeness (QED) is 0.786. The Kier molecular flexibility index (Phi) is 3.29. The Morgan fingerprint density at radius 2 is 2.31 bits per heavy atom. The molecule has 1 saturated heterocycles. The Bertz CT molecular complexity index is 353. The number of nitrogens with two attached hydrogens (primary N) is 2. The van der Waals surface area contributed by atoms with Crippen LogP contribution >= 0.6 is 0 Å². The normalized spacial score (nSPS) is 25.8. The smallest absolute Gasteiger partial charge is 0.0738 e. The standard InChI is InChI=1S/C12H20N4/c1-2-9-5-10(13)8-16(7-9)12-3-4-15-6-11(12)14/h3-4,6,9-10H,2,5,7-8,13-14H2,1H3. The maximum atomic E-state index is 6.08. The van der Waals surface area contributed by atoms with E-state index in [0.29, 0.717) is 5.92 Å². The molecule has 16 heavy (non-hydrogen) atoms. The van der Waals surface area contributed by atoms with E-state index in [4.69, 9.17) is 11.5 Å². The molecule has 1 aliphatic rings. The summed E-state index contributed by atoms with van der Waals surface area (Å²) < 4.78 is 0. The first-order valence-electron chi connectivity index (χ1n) is 5.90. The molecule has 2 unspecified atom stereocenters. The highest BCUT2D eigenvalue weighted by Crippen LogP contribution is 2.27. The minimum Gasteiger partial charge on any atom is -0.396 e. The number of nitrogens with zero attached hydrogens (tertiary/aromatic N) is 2. The zero-order valence-electron chi connectivity index (χ0n) is 9.76. The molecule has 88 valence electrons. The molecule has 4 nitrogen and oxygen atoms in total. The Morgan fingerprint density at radius 3 is 3.00 bits per heavy atom. The lowest BCUT2D eigenvalue weighted by Crippen LogP contribution is -2.47. The predicted molar refractivity (Wildman–Crippen MR) is 67.2 cm³/mol. The first-order valence-corrected chi connectivity index (χ1v) is 5.90. The van der Waals surface area contributed by atoms with Crippen LogP contribution in [0.15, 0.2) is 18.5 Å². The number of rotatable bonds is 2. The van der Waals surface area contributed by atoms with Crippen LogP contribution in [0.1, 0.15) is 19.8 Å². The molecule has 0 aliphatic carbocycles. The van der Waals surface area contributed by atoms with Gasteiger partial charge in [-0.1, -0.05) is 13.3 Å². The van der Waals surface area contributed by atoms with Gasteiger partial charge in [-0.25, -0.2) is 0 Å². The summed E-state index contributed by atoms with van der Waals surface area (Å²) >= 11 is 0. The zero-order valence-corrected chi connectivity index (χ0v) is 9.76. The van der Waals surface area contributed by atoms with Crippen molar-refractivity contribution in [2.45, 2.75) is 25.8 Å². The fourth-order valence-electron chi connectivity index (χ4n) is 2.43. The SMILES string of the molecule is CCC1CC(N)CN(c2ccncc2N)C1. The molecule has 2 atom stereocenters. The molecule has 1 aromatic rings. The van der Waals surface area contributed by atoms with E-state index in [1.54, 1.807) is 12.4 Å². The van der Waals surface area contributed by atoms with Crippen molar-refractivity contribution in [1.82, 2.24) is 4.98 Å². The molecule has 1 aromatic heterocycles. The van der Waals surface area contributed by atoms with E-state index >= 15 is 0 Å². The van der Waals surface area contributed by atoms with Crippen LogP contribution in [-0.2, 0) is 0 Å². The van der Waals surface area contributed by atoms with Crippen molar-refractivity contribution < 1.29 is 0 Å². The Balaban J connectivity index is 2.17. The molecule has 0 spiro atoms. The van der Waals surface area contributed by atoms with Crippen molar-refractivity contribution in [3.05, 3.63) is 18.5 Å². The fraction of sp³-hybridized carbons (Fsp3) is 0.583. The van der Waals surface area contributed by atoms with Gasteiger partial charge in [0.1, 0.15) is 0 Å². The van der Waals surface area contributed by atoms with Crippen molar-refractivity contribution in [3.63, 3.8) is 0 Å². The summed E-state index contributed by atoms with van der Waals surface area (Å²) in [5, 5.41) is 0. The summed E-state index contributed by atoms with van der Waals surface area (Å²) in [5.74, 6) is 0.677. The molecule has 0 amide bonds. The molecule has 0 aromatic carbocycles. The van der Waals surface area contributed by atoms with Gasteiger partial charge in [0.05, 0.1) is 17.6 Å². The van der Waals surface area contributed by atoms with Crippen LogP contribution in [-0.4, -0.2) is 24.1 Å². The van der Waals surface area contributed by atoms with Crippen LogP contribution < -0.4 is 16.4 Å². The average Bonchev–Trinajstić information content (AvgIpc) is 2.28. The predicted octanol–water partition coefficient (Wildman–Crippen LogP) is 1.23. The topological polar surface area (TPSA) is 68.2 Å². The van der Waals surface area contributed by atoms with Gasteiger partial charge < -0.3 is 16.4 Å². The summed E-state index contributed by atoms with van der Waals surface area (Å²) in [6, 6.07) is 2.23. The Hall–Kier alpha value is -1.29. The van der Waals surface area contributed by atoms with Crippen LogP contribution in [0, 0.1) is 5.92 Å². The molecule has 0 saturated carbocycles. The van der Waals surface area contributed by atoms with Crippen molar-refractivity contribution in [2.75, 3.05) is 23.7 Å². The Labute approximate surface area is 96.6 Å². The summed E-state index contributed by atoms with van der Waals surface area (Å²) in [6.07, 6.45) is 5.79. The summed E-state index contributed by atoms with van der Waals surface area (Å²) in [5.41, 5.74) is 13.8. The van der Waals surface area contributed by atoms with E-state index in [0.717, 1.165) is 30.9 Å². The van der Waals surface area contributed by atoms with Crippen LogP contribution in [0.4, 0.5) is 11.4 Å². The van der Waals surface area contributed by atoms with Crippen LogP contribution in [0.2, 0.25) is 0 Å². The third kappa shape index (κ3) is 2.27. The second-order valence-corrected chi connectivity index (χ2v) is 4.61. The van der Waals surface area contributed by atoms with Crippen LogP contribution in [0.5, 0.6) is 0 Å². The van der Waals surface area contributed by atoms with Crippen molar-refractivity contribution in [3.8, 4) is 0 Å². The van der Waals surface area contributed by atoms with Crippen molar-refractivity contribution >= 4 is 11.4 Å². The minimum absolute atomic E-state index is 0.256. The zero-order chi connectivity index (χ0) is 11.5. The summed E-state index contributed by atoms with van der Waals surface area (Å²) in [7, 11) is 0. The van der Waals surface area contributed by atoms with Gasteiger partial charge in [0, 0.05) is 25.3 Å². The Morgan fingerprint density at radius 1 is 1.50 bits per heavy atom. The third-order valence-corrected chi connectivity index (χ3v) is 3.32. The first-order chi connectivity index (χ1) is 7.70. The maximum Gasteiger partial charge on any atom is 0.0738 e. The average molecular weight is 220 g/mol. The van der Waals surface area contributed by atoms with Crippen molar-refractivity contribution in [2.24, 2.45) is 11.7 Å². The monoisotopic (exact) mass is 220 g/mol. The van der Waals surface area contributed by atoms with Gasteiger partial charge in [-0.3, -0.25) is 4.98 Å². The molecular formula is C12H20N4. The second-order valence-electron chi connectivity index (χ2n) is 4.61. The van der Waals surface area contributed by atoms with Crippen LogP contribution in [0.25, 0.3) is 0 Å². The van der Waals surface area contributed by atoms with E-state index in [1.165, 1.54) is 6.42 Å².